The van der Waals surface area contributed by atoms with E-state index in [0.29, 0.717) is 158 Å². The normalized spacial score (nSPS) is 11.6. The van der Waals surface area contributed by atoms with Crippen LogP contribution in [0.2, 0.25) is 0 Å². The van der Waals surface area contributed by atoms with Gasteiger partial charge in [-0.25, -0.2) is 9.97 Å². The number of pyridine rings is 4. The summed E-state index contributed by atoms with van der Waals surface area (Å²) in [5.41, 5.74) is 14.0. The second-order valence-corrected chi connectivity index (χ2v) is 20.5. The second kappa shape index (κ2) is 40.9. The molecule has 2 aliphatic rings. The monoisotopic (exact) mass is 1300 g/mol. The molecule has 0 amide bonds. The van der Waals surface area contributed by atoms with Crippen LogP contribution in [0, 0.1) is 0 Å². The van der Waals surface area contributed by atoms with Crippen LogP contribution in [0.1, 0.15) is 22.8 Å². The summed E-state index contributed by atoms with van der Waals surface area (Å²) in [5.74, 6) is 0. The Balaban J connectivity index is 0.00000439. The van der Waals surface area contributed by atoms with E-state index in [9.17, 15) is 0 Å². The van der Waals surface area contributed by atoms with Crippen molar-refractivity contribution < 1.29 is 103 Å². The van der Waals surface area contributed by atoms with Crippen LogP contribution >= 0.6 is 0 Å². The van der Waals surface area contributed by atoms with Crippen molar-refractivity contribution in [3.63, 3.8) is 0 Å². The van der Waals surface area contributed by atoms with Crippen molar-refractivity contribution in [2.75, 3.05) is 161 Å². The minimum absolute atomic E-state index is 0. The number of aromatic amines is 2. The van der Waals surface area contributed by atoms with Gasteiger partial charge in [0.15, 0.2) is 51.0 Å². The zero-order chi connectivity index (χ0) is 60.8. The largest absolute Gasteiger partial charge is 2.00 e. The Morgan fingerprint density at radius 1 is 0.297 bits per heavy atom. The predicted octanol–water partition coefficient (Wildman–Crippen LogP) is 6.19. The summed E-state index contributed by atoms with van der Waals surface area (Å²) in [7, 11) is 6.67. The molecule has 0 aromatic carbocycles. The molecule has 2 aliphatic heterocycles. The molecule has 9 rings (SSSR count). The van der Waals surface area contributed by atoms with Crippen LogP contribution in [0.5, 0.6) is 0 Å². The van der Waals surface area contributed by atoms with Gasteiger partial charge in [0, 0.05) is 77.0 Å². The van der Waals surface area contributed by atoms with Crippen LogP contribution in [0.4, 0.5) is 0 Å². The Kier molecular flexibility index (Phi) is 32.9. The Bertz CT molecular complexity index is 3370. The van der Waals surface area contributed by atoms with Gasteiger partial charge < -0.3 is 77.8 Å². The van der Waals surface area contributed by atoms with Crippen LogP contribution in [-0.4, -0.2) is 191 Å². The van der Waals surface area contributed by atoms with Crippen LogP contribution in [0.25, 0.3) is 91.4 Å². The van der Waals surface area contributed by atoms with Gasteiger partial charge in [-0.05, 0) is 72.8 Å². The Hall–Kier alpha value is -6.84. The van der Waals surface area contributed by atoms with Crippen molar-refractivity contribution in [3.8, 4) is 45.0 Å². The van der Waals surface area contributed by atoms with E-state index < -0.39 is 0 Å². The zero-order valence-electron chi connectivity index (χ0n) is 52.7. The maximum Gasteiger partial charge on any atom is 2.00 e. The molecule has 0 saturated heterocycles. The van der Waals surface area contributed by atoms with Crippen molar-refractivity contribution in [2.45, 2.75) is 26.2 Å². The number of nitrogens with zero attached hydrogens (tertiary/aromatic N) is 6. The van der Waals surface area contributed by atoms with Crippen LogP contribution in [0.15, 0.2) is 122 Å². The Labute approximate surface area is 543 Å². The molecule has 22 nitrogen and oxygen atoms in total. The van der Waals surface area contributed by atoms with Crippen LogP contribution in [-0.2, 0) is 100 Å². The molecule has 91 heavy (non-hydrogen) atoms. The summed E-state index contributed by atoms with van der Waals surface area (Å²) in [6.45, 7) is 12.1. The molecule has 0 spiro atoms. The molecule has 9 heterocycles. The average Bonchev–Trinajstić information content (AvgIpc) is 1.77. The van der Waals surface area contributed by atoms with Gasteiger partial charge in [0.05, 0.1) is 173 Å². The molecule has 0 unspecified atom stereocenters. The van der Waals surface area contributed by atoms with Gasteiger partial charge in [0.1, 0.15) is 26.4 Å². The number of hydrogen-bond acceptors (Lipinski definition) is 15. The third-order valence-electron chi connectivity index (χ3n) is 14.7. The van der Waals surface area contributed by atoms with E-state index >= 15 is 0 Å². The number of ether oxygens (including phenoxy) is 12. The summed E-state index contributed by atoms with van der Waals surface area (Å²) < 4.78 is 77.0. The molecule has 23 heteroatoms. The fourth-order valence-electron chi connectivity index (χ4n) is 10.4. The molecule has 0 saturated carbocycles. The molecule has 8 bridgehead atoms. The molecule has 0 atom stereocenters. The fraction of sp³-hybridized carbons (Fsp3) is 0.412. The standard InChI is InChI=1S/C68H85N8O12.Mn.2H2O/c1-77-37-41-85-49-45-81-33-29-73-25-9-5-13-61(73)65-53-17-19-55(69-53)66(62-14-6-10-26-74(62)30-34-82-46-50-86-42-38-78-2)57-21-23-59(71-57)68(64-16-8-12-28-76(64)32-36-84-48-52-88-44-40-80-4)60-24-22-58(72-60)67(56-20-18-54(65)70-56)63-15-7-11-27-75(63)31-35-83-47-51-87-43-39-79-3;;;/h5-28H,29-52H2,1-4H3,(H,69,70,71,72);;2*1H2/q+3;+2;;. The molecular weight excluding hydrogens is 1210 g/mol. The van der Waals surface area contributed by atoms with E-state index in [1.165, 1.54) is 0 Å². The van der Waals surface area contributed by atoms with Crippen molar-refractivity contribution in [2.24, 2.45) is 0 Å². The molecule has 0 fully saturated rings. The van der Waals surface area contributed by atoms with Gasteiger partial charge in [0.25, 0.3) is 0 Å². The number of nitrogens with one attached hydrogen (secondary N) is 2. The average molecular weight is 1300 g/mol. The first kappa shape index (κ1) is 73.2. The smallest absolute Gasteiger partial charge is 0.870 e. The number of hydrogen-bond donors (Lipinski definition) is 2. The van der Waals surface area contributed by atoms with Gasteiger partial charge >= 0.3 is 17.1 Å². The van der Waals surface area contributed by atoms with E-state index in [0.717, 1.165) is 89.9 Å². The quantitative estimate of drug-likeness (QED) is 0.0247. The maximum absolute atomic E-state index is 6.16. The summed E-state index contributed by atoms with van der Waals surface area (Å²) in [6.07, 6.45) is 16.8. The third kappa shape index (κ3) is 21.1. The first-order chi connectivity index (χ1) is 43.6. The van der Waals surface area contributed by atoms with Gasteiger partial charge in [-0.3, -0.25) is 0 Å². The predicted molar refractivity (Wildman–Crippen MR) is 341 cm³/mol. The first-order valence-corrected chi connectivity index (χ1v) is 30.3. The van der Waals surface area contributed by atoms with Gasteiger partial charge in [-0.15, -0.1) is 0 Å². The molecular formula is C68H89MnN8O14+5. The van der Waals surface area contributed by atoms with Crippen molar-refractivity contribution in [3.05, 3.63) is 145 Å². The molecule has 1 radical (unpaired) electrons. The van der Waals surface area contributed by atoms with Gasteiger partial charge in [-0.2, -0.15) is 18.3 Å². The van der Waals surface area contributed by atoms with Crippen LogP contribution in [0.3, 0.4) is 0 Å². The zero-order valence-corrected chi connectivity index (χ0v) is 53.9. The van der Waals surface area contributed by atoms with Crippen molar-refractivity contribution >= 4 is 46.4 Å². The molecule has 0 aliphatic carbocycles. The molecule has 487 valence electrons. The summed E-state index contributed by atoms with van der Waals surface area (Å²) in [4.78, 5) is 19.3. The molecule has 7 aromatic heterocycles. The number of H-pyrrole nitrogens is 2. The maximum atomic E-state index is 6.16. The second-order valence-electron chi connectivity index (χ2n) is 20.5. The van der Waals surface area contributed by atoms with Gasteiger partial charge in [0.2, 0.25) is 22.8 Å². The number of fused-ring (bicyclic) bond motifs is 8. The van der Waals surface area contributed by atoms with E-state index in [1.807, 2.05) is 18.2 Å². The van der Waals surface area contributed by atoms with E-state index in [1.54, 1.807) is 28.4 Å². The topological polar surface area (TPSA) is 245 Å². The molecule has 5 N–H and O–H groups in total. The van der Waals surface area contributed by atoms with Crippen LogP contribution < -0.4 is 18.3 Å². The minimum Gasteiger partial charge on any atom is -0.870 e. The summed E-state index contributed by atoms with van der Waals surface area (Å²) >= 11 is 0. The molecule has 7 aromatic rings. The van der Waals surface area contributed by atoms with E-state index in [-0.39, 0.29) is 28.0 Å². The van der Waals surface area contributed by atoms with E-state index in [4.69, 9.17) is 66.8 Å². The summed E-state index contributed by atoms with van der Waals surface area (Å²) in [6, 6.07) is 33.7. The fourth-order valence-corrected chi connectivity index (χ4v) is 10.4. The number of methoxy groups -OCH3 is 4. The number of rotatable bonds is 40. The summed E-state index contributed by atoms with van der Waals surface area (Å²) in [5, 5.41) is 0. The minimum atomic E-state index is 0. The first-order valence-electron chi connectivity index (χ1n) is 30.3. The Morgan fingerprint density at radius 2 is 0.527 bits per heavy atom. The van der Waals surface area contributed by atoms with Crippen molar-refractivity contribution in [1.29, 1.82) is 0 Å². The number of aromatic nitrogens is 8. The van der Waals surface area contributed by atoms with Crippen molar-refractivity contribution in [1.82, 2.24) is 19.9 Å². The SMILES string of the molecule is COCCOCCOCC[n+]1ccccc1-c1c2nc(c(-c3cccc[n+]3CCOCCOCCOC)c3ccc([nH]3)c(-c3cccc[n+]3CCOCCOCCOC)c3ccc([nH]3)c(-c3cccc[n+]3CCOCCOCCOC)c3nc1C=C3)C=C2.O.[Mn+2].[OH-]. The Morgan fingerprint density at radius 3 is 0.813 bits per heavy atom. The van der Waals surface area contributed by atoms with E-state index in [2.05, 4.69) is 156 Å². The third-order valence-corrected chi connectivity index (χ3v) is 14.7. The van der Waals surface area contributed by atoms with Gasteiger partial charge in [-0.1, -0.05) is 0 Å².